The maximum atomic E-state index is 12.7. The number of halogens is 3. The first-order valence-electron chi connectivity index (χ1n) is 4.35. The first-order valence-corrected chi connectivity index (χ1v) is 6.36. The van der Waals surface area contributed by atoms with E-state index in [2.05, 4.69) is 20.7 Å². The highest BCUT2D eigenvalue weighted by atomic mass is 79.9. The molecule has 0 saturated carbocycles. The summed E-state index contributed by atoms with van der Waals surface area (Å²) in [6.45, 7) is 0.0233. The largest absolute Gasteiger partial charge is 0.407 e. The summed E-state index contributed by atoms with van der Waals surface area (Å²) in [6, 6.07) is 7.51. The van der Waals surface area contributed by atoms with E-state index in [1.165, 1.54) is 6.26 Å². The Morgan fingerprint density at radius 2 is 1.93 bits per heavy atom. The molecule has 0 aliphatic rings. The minimum Gasteiger partial charge on any atom is -0.311 e. The monoisotopic (exact) mass is 296 g/mol. The zero-order valence-electron chi connectivity index (χ0n) is 8.17. The molecule has 0 saturated heterocycles. The number of benzene rings is 1. The van der Waals surface area contributed by atoms with E-state index in [0.29, 0.717) is 18.2 Å². The van der Waals surface area contributed by atoms with Crippen molar-refractivity contribution in [3.63, 3.8) is 0 Å². The molecule has 0 aliphatic heterocycles. The van der Waals surface area contributed by atoms with Gasteiger partial charge < -0.3 is 4.74 Å². The summed E-state index contributed by atoms with van der Waals surface area (Å²) in [6.07, 6.45) is 1.81. The number of thioether (sulfide) groups is 1. The molecule has 0 atom stereocenters. The van der Waals surface area contributed by atoms with Crippen LogP contribution in [-0.4, -0.2) is 18.3 Å². The Morgan fingerprint density at radius 1 is 1.33 bits per heavy atom. The second-order valence-electron chi connectivity index (χ2n) is 2.89. The van der Waals surface area contributed by atoms with Gasteiger partial charge in [-0.1, -0.05) is 39.8 Å². The molecule has 0 fully saturated rings. The molecular formula is C10H11BrF2OS. The quantitative estimate of drug-likeness (QED) is 0.762. The van der Waals surface area contributed by atoms with Crippen molar-refractivity contribution in [1.29, 1.82) is 0 Å². The standard InChI is InChI=1S/C10H11BrF2OS/c1-15-10(12,13)14-7-6-8-2-4-9(11)5-3-8/h2-5H,6-7H2,1H3. The smallest absolute Gasteiger partial charge is 0.311 e. The van der Waals surface area contributed by atoms with Crippen LogP contribution in [0.2, 0.25) is 0 Å². The van der Waals surface area contributed by atoms with Crippen molar-refractivity contribution in [2.24, 2.45) is 0 Å². The van der Waals surface area contributed by atoms with Crippen LogP contribution >= 0.6 is 27.7 Å². The van der Waals surface area contributed by atoms with Gasteiger partial charge in [-0.3, -0.25) is 0 Å². The zero-order valence-corrected chi connectivity index (χ0v) is 10.6. The Kier molecular flexibility index (Phi) is 5.02. The van der Waals surface area contributed by atoms with Crippen molar-refractivity contribution in [2.75, 3.05) is 12.9 Å². The first kappa shape index (κ1) is 12.9. The average molecular weight is 297 g/mol. The van der Waals surface area contributed by atoms with Crippen LogP contribution in [0.5, 0.6) is 0 Å². The summed E-state index contributed by atoms with van der Waals surface area (Å²) in [5.74, 6) is 0. The molecule has 0 heterocycles. The van der Waals surface area contributed by atoms with Gasteiger partial charge in [-0.05, 0) is 30.4 Å². The van der Waals surface area contributed by atoms with Gasteiger partial charge in [0.05, 0.1) is 6.61 Å². The minimum absolute atomic E-state index is 0.0233. The normalized spacial score (nSPS) is 11.7. The lowest BCUT2D eigenvalue weighted by atomic mass is 10.2. The summed E-state index contributed by atoms with van der Waals surface area (Å²) in [5.41, 5.74) is -2.09. The summed E-state index contributed by atoms with van der Waals surface area (Å²) in [5, 5.41) is 0. The van der Waals surface area contributed by atoms with Crippen molar-refractivity contribution in [3.05, 3.63) is 34.3 Å². The molecule has 0 bridgehead atoms. The highest BCUT2D eigenvalue weighted by Gasteiger charge is 2.27. The zero-order chi connectivity index (χ0) is 11.3. The van der Waals surface area contributed by atoms with Crippen LogP contribution in [0.3, 0.4) is 0 Å². The highest BCUT2D eigenvalue weighted by Crippen LogP contribution is 2.27. The van der Waals surface area contributed by atoms with Gasteiger partial charge in [-0.2, -0.15) is 8.78 Å². The van der Waals surface area contributed by atoms with E-state index >= 15 is 0 Å². The number of alkyl halides is 2. The Morgan fingerprint density at radius 3 is 2.47 bits per heavy atom. The summed E-state index contributed by atoms with van der Waals surface area (Å²) < 4.78 is 30.7. The fourth-order valence-electron chi connectivity index (χ4n) is 0.998. The van der Waals surface area contributed by atoms with Crippen molar-refractivity contribution in [3.8, 4) is 0 Å². The second kappa shape index (κ2) is 5.82. The molecule has 1 aromatic rings. The fraction of sp³-hybridized carbons (Fsp3) is 0.400. The van der Waals surface area contributed by atoms with Gasteiger partial charge in [0.2, 0.25) is 0 Å². The molecule has 1 nitrogen and oxygen atoms in total. The summed E-state index contributed by atoms with van der Waals surface area (Å²) in [7, 11) is 0. The molecule has 0 spiro atoms. The van der Waals surface area contributed by atoms with Gasteiger partial charge >= 0.3 is 5.44 Å². The van der Waals surface area contributed by atoms with E-state index in [9.17, 15) is 8.78 Å². The summed E-state index contributed by atoms with van der Waals surface area (Å²) >= 11 is 3.70. The first-order chi connectivity index (χ1) is 7.03. The Labute approximate surface area is 100 Å². The maximum absolute atomic E-state index is 12.7. The average Bonchev–Trinajstić information content (AvgIpc) is 2.21. The molecule has 5 heteroatoms. The van der Waals surface area contributed by atoms with E-state index < -0.39 is 5.44 Å². The van der Waals surface area contributed by atoms with Crippen LogP contribution in [0, 0.1) is 0 Å². The van der Waals surface area contributed by atoms with Gasteiger partial charge in [-0.15, -0.1) is 0 Å². The highest BCUT2D eigenvalue weighted by molar-refractivity contribution is 9.10. The molecule has 15 heavy (non-hydrogen) atoms. The molecule has 1 rings (SSSR count). The molecule has 0 radical (unpaired) electrons. The van der Waals surface area contributed by atoms with Crippen molar-refractivity contribution in [1.82, 2.24) is 0 Å². The van der Waals surface area contributed by atoms with Crippen LogP contribution in [-0.2, 0) is 11.2 Å². The number of rotatable bonds is 5. The third-order valence-electron chi connectivity index (χ3n) is 1.81. The minimum atomic E-state index is -3.07. The molecule has 0 aromatic heterocycles. The Bertz CT molecular complexity index is 303. The second-order valence-corrected chi connectivity index (χ2v) is 4.69. The van der Waals surface area contributed by atoms with Crippen LogP contribution in [0.15, 0.2) is 28.7 Å². The Hall–Kier alpha value is -0.130. The lowest BCUT2D eigenvalue weighted by Crippen LogP contribution is -2.17. The third kappa shape index (κ3) is 4.95. The summed E-state index contributed by atoms with van der Waals surface area (Å²) in [4.78, 5) is 0. The topological polar surface area (TPSA) is 9.23 Å². The predicted octanol–water partition coefficient (Wildman–Crippen LogP) is 3.92. The maximum Gasteiger partial charge on any atom is 0.407 e. The van der Waals surface area contributed by atoms with Crippen LogP contribution < -0.4 is 0 Å². The van der Waals surface area contributed by atoms with Gasteiger partial charge in [0.1, 0.15) is 0 Å². The van der Waals surface area contributed by atoms with Crippen molar-refractivity contribution in [2.45, 2.75) is 11.9 Å². The van der Waals surface area contributed by atoms with Crippen molar-refractivity contribution >= 4 is 27.7 Å². The van der Waals surface area contributed by atoms with Gasteiger partial charge in [0.15, 0.2) is 0 Å². The molecule has 0 N–H and O–H groups in total. The van der Waals surface area contributed by atoms with E-state index in [0.717, 1.165) is 10.0 Å². The Balaban J connectivity index is 2.35. The molecule has 0 amide bonds. The van der Waals surface area contributed by atoms with E-state index in [1.807, 2.05) is 24.3 Å². The van der Waals surface area contributed by atoms with E-state index in [1.54, 1.807) is 0 Å². The van der Waals surface area contributed by atoms with Gasteiger partial charge in [-0.25, -0.2) is 0 Å². The predicted molar refractivity (Wildman–Crippen MR) is 62.3 cm³/mol. The number of hydrogen-bond donors (Lipinski definition) is 0. The van der Waals surface area contributed by atoms with E-state index in [-0.39, 0.29) is 6.61 Å². The van der Waals surface area contributed by atoms with Gasteiger partial charge in [0, 0.05) is 4.47 Å². The van der Waals surface area contributed by atoms with Crippen LogP contribution in [0.25, 0.3) is 0 Å². The molecular weight excluding hydrogens is 286 g/mol. The van der Waals surface area contributed by atoms with Crippen molar-refractivity contribution < 1.29 is 13.5 Å². The number of hydrogen-bond acceptors (Lipinski definition) is 2. The van der Waals surface area contributed by atoms with Crippen LogP contribution in [0.1, 0.15) is 5.56 Å². The number of ether oxygens (including phenoxy) is 1. The molecule has 0 unspecified atom stereocenters. The molecule has 0 aliphatic carbocycles. The van der Waals surface area contributed by atoms with Crippen LogP contribution in [0.4, 0.5) is 8.78 Å². The van der Waals surface area contributed by atoms with E-state index in [4.69, 9.17) is 0 Å². The van der Waals surface area contributed by atoms with Gasteiger partial charge in [0.25, 0.3) is 0 Å². The molecule has 1 aromatic carbocycles. The lowest BCUT2D eigenvalue weighted by molar-refractivity contribution is -0.161. The lowest BCUT2D eigenvalue weighted by Gasteiger charge is -2.13. The SMILES string of the molecule is CSC(F)(F)OCCc1ccc(Br)cc1. The molecule has 84 valence electrons. The fourth-order valence-corrected chi connectivity index (χ4v) is 1.46. The third-order valence-corrected chi connectivity index (χ3v) is 2.93.